The minimum Gasteiger partial charge on any atom is -0.481 e. The van der Waals surface area contributed by atoms with Gasteiger partial charge in [-0.25, -0.2) is 8.78 Å². The average Bonchev–Trinajstić information content (AvgIpc) is 2.95. The third-order valence-corrected chi connectivity index (χ3v) is 6.24. The van der Waals surface area contributed by atoms with Gasteiger partial charge in [-0.3, -0.25) is 9.78 Å². The molecule has 4 aromatic carbocycles. The molecule has 0 aliphatic rings. The molecule has 40 heavy (non-hydrogen) atoms. The fourth-order valence-corrected chi connectivity index (χ4v) is 4.26. The lowest BCUT2D eigenvalue weighted by Gasteiger charge is -2.11. The van der Waals surface area contributed by atoms with E-state index in [0.29, 0.717) is 22.5 Å². The molecule has 0 bridgehead atoms. The molecule has 0 unspecified atom stereocenters. The normalized spacial score (nSPS) is 11.4. The molecule has 0 saturated carbocycles. The molecule has 1 amide bonds. The first-order valence-electron chi connectivity index (χ1n) is 12.2. The highest BCUT2D eigenvalue weighted by molar-refractivity contribution is 6.02. The van der Waals surface area contributed by atoms with Crippen LogP contribution in [0.1, 0.15) is 27.3 Å². The Morgan fingerprint density at radius 1 is 0.800 bits per heavy atom. The monoisotopic (exact) mass is 548 g/mol. The third kappa shape index (κ3) is 5.93. The van der Waals surface area contributed by atoms with E-state index in [1.54, 1.807) is 42.5 Å². The fourth-order valence-electron chi connectivity index (χ4n) is 4.26. The largest absolute Gasteiger partial charge is 0.481 e. The first kappa shape index (κ1) is 26.8. The molecule has 5 rings (SSSR count). The zero-order valence-electron chi connectivity index (χ0n) is 20.8. The van der Waals surface area contributed by atoms with Crippen LogP contribution >= 0.6 is 0 Å². The molecule has 0 atom stereocenters. The van der Waals surface area contributed by atoms with Gasteiger partial charge in [0.2, 0.25) is 0 Å². The average molecular weight is 549 g/mol. The number of pyridine rings is 1. The molecule has 0 aliphatic carbocycles. The minimum absolute atomic E-state index is 0.102. The van der Waals surface area contributed by atoms with Crippen molar-refractivity contribution in [2.45, 2.75) is 19.3 Å². The van der Waals surface area contributed by atoms with Crippen LogP contribution in [0.15, 0.2) is 97.1 Å². The zero-order chi connectivity index (χ0) is 28.3. The highest BCUT2D eigenvalue weighted by Gasteiger charge is 2.30. The van der Waals surface area contributed by atoms with Crippen LogP contribution in [0.3, 0.4) is 0 Å². The number of alkyl halides is 3. The van der Waals surface area contributed by atoms with Crippen molar-refractivity contribution in [3.63, 3.8) is 0 Å². The van der Waals surface area contributed by atoms with Crippen LogP contribution in [-0.4, -0.2) is 10.9 Å². The number of carbonyl (C=O) groups is 1. The maximum absolute atomic E-state index is 13.8. The molecular weight excluding hydrogens is 527 g/mol. The van der Waals surface area contributed by atoms with Crippen LogP contribution in [0.25, 0.3) is 21.9 Å². The lowest BCUT2D eigenvalue weighted by atomic mass is 9.96. The van der Waals surface area contributed by atoms with Crippen molar-refractivity contribution in [3.05, 3.63) is 131 Å². The van der Waals surface area contributed by atoms with Gasteiger partial charge in [-0.05, 0) is 70.4 Å². The molecule has 0 fully saturated rings. The number of benzene rings is 4. The van der Waals surface area contributed by atoms with Gasteiger partial charge in [-0.15, -0.1) is 0 Å². The second-order valence-electron chi connectivity index (χ2n) is 8.96. The van der Waals surface area contributed by atoms with E-state index in [1.165, 1.54) is 18.2 Å². The van der Waals surface area contributed by atoms with Gasteiger partial charge in [0.15, 0.2) is 17.4 Å². The molecule has 4 nitrogen and oxygen atoms in total. The summed E-state index contributed by atoms with van der Waals surface area (Å²) in [5, 5.41) is 4.34. The van der Waals surface area contributed by atoms with E-state index >= 15 is 0 Å². The number of fused-ring (bicyclic) bond motifs is 1. The van der Waals surface area contributed by atoms with Gasteiger partial charge in [0.1, 0.15) is 6.61 Å². The van der Waals surface area contributed by atoms with Crippen LogP contribution in [0.4, 0.5) is 22.0 Å². The number of carbonyl (C=O) groups excluding carboxylic acids is 1. The van der Waals surface area contributed by atoms with Crippen molar-refractivity contribution in [1.29, 1.82) is 0 Å². The number of amides is 1. The van der Waals surface area contributed by atoms with E-state index in [2.05, 4.69) is 10.3 Å². The zero-order valence-corrected chi connectivity index (χ0v) is 20.8. The summed E-state index contributed by atoms with van der Waals surface area (Å²) in [6, 6.07) is 23.9. The smallest absolute Gasteiger partial charge is 0.416 e. The predicted octanol–water partition coefficient (Wildman–Crippen LogP) is 7.71. The summed E-state index contributed by atoms with van der Waals surface area (Å²) in [5.41, 5.74) is 2.00. The molecule has 0 aliphatic heterocycles. The van der Waals surface area contributed by atoms with Crippen molar-refractivity contribution < 1.29 is 31.5 Å². The molecule has 202 valence electrons. The van der Waals surface area contributed by atoms with Crippen LogP contribution in [0.5, 0.6) is 5.75 Å². The van der Waals surface area contributed by atoms with E-state index in [1.807, 2.05) is 12.1 Å². The number of para-hydroxylation sites is 1. The highest BCUT2D eigenvalue weighted by Crippen LogP contribution is 2.33. The molecule has 0 saturated heterocycles. The number of rotatable bonds is 7. The summed E-state index contributed by atoms with van der Waals surface area (Å²) in [7, 11) is 0. The van der Waals surface area contributed by atoms with E-state index in [0.717, 1.165) is 40.6 Å². The topological polar surface area (TPSA) is 51.2 Å². The van der Waals surface area contributed by atoms with Crippen LogP contribution in [0.2, 0.25) is 0 Å². The van der Waals surface area contributed by atoms with Gasteiger partial charge < -0.3 is 10.1 Å². The number of aromatic nitrogens is 1. The molecule has 1 N–H and O–H groups in total. The number of nitrogens with one attached hydrogen (secondary N) is 1. The number of nitrogens with zero attached hydrogens (tertiary/aromatic N) is 1. The Labute approximate surface area is 226 Å². The third-order valence-electron chi connectivity index (χ3n) is 6.24. The quantitative estimate of drug-likeness (QED) is 0.212. The summed E-state index contributed by atoms with van der Waals surface area (Å²) in [4.78, 5) is 17.2. The van der Waals surface area contributed by atoms with Crippen LogP contribution in [0, 0.1) is 11.6 Å². The maximum atomic E-state index is 13.8. The molecule has 5 aromatic rings. The fraction of sp³-hybridized carbons (Fsp3) is 0.0968. The van der Waals surface area contributed by atoms with E-state index in [4.69, 9.17) is 4.74 Å². The number of ether oxygens (including phenoxy) is 1. The first-order chi connectivity index (χ1) is 19.2. The molecule has 9 heteroatoms. The first-order valence-corrected chi connectivity index (χ1v) is 12.2. The Morgan fingerprint density at radius 3 is 2.20 bits per heavy atom. The Bertz CT molecular complexity index is 1660. The Hall–Kier alpha value is -4.79. The molecular formula is C31H21F5N2O2. The Balaban J connectivity index is 1.27. The lowest BCUT2D eigenvalue weighted by Crippen LogP contribution is -2.23. The second-order valence-corrected chi connectivity index (χ2v) is 8.96. The van der Waals surface area contributed by atoms with E-state index in [-0.39, 0.29) is 19.1 Å². The van der Waals surface area contributed by atoms with E-state index < -0.39 is 29.1 Å². The highest BCUT2D eigenvalue weighted by atomic mass is 19.4. The van der Waals surface area contributed by atoms with Gasteiger partial charge in [0.25, 0.3) is 5.91 Å². The second kappa shape index (κ2) is 11.1. The Morgan fingerprint density at radius 2 is 1.48 bits per heavy atom. The van der Waals surface area contributed by atoms with Crippen molar-refractivity contribution in [3.8, 4) is 16.9 Å². The maximum Gasteiger partial charge on any atom is 0.416 e. The van der Waals surface area contributed by atoms with Crippen molar-refractivity contribution in [2.24, 2.45) is 0 Å². The number of hydrogen-bond acceptors (Lipinski definition) is 3. The van der Waals surface area contributed by atoms with Gasteiger partial charge >= 0.3 is 6.18 Å². The number of hydrogen-bond donors (Lipinski definition) is 1. The van der Waals surface area contributed by atoms with Crippen LogP contribution in [-0.2, 0) is 19.3 Å². The summed E-state index contributed by atoms with van der Waals surface area (Å²) in [5.74, 6) is -2.46. The summed E-state index contributed by atoms with van der Waals surface area (Å²) in [6.45, 7) is -0.0596. The Kier molecular flexibility index (Phi) is 7.46. The summed E-state index contributed by atoms with van der Waals surface area (Å²) >= 11 is 0. The molecule has 1 heterocycles. The SMILES string of the molecule is O=C(NCc1cccc(COc2c(F)cccc2F)n1)c1ccc2c(-c3ccc(C(F)(F)F)cc3)cccc2c1. The predicted molar refractivity (Wildman–Crippen MR) is 140 cm³/mol. The van der Waals surface area contributed by atoms with Crippen molar-refractivity contribution >= 4 is 16.7 Å². The lowest BCUT2D eigenvalue weighted by molar-refractivity contribution is -0.137. The van der Waals surface area contributed by atoms with Crippen LogP contribution < -0.4 is 10.1 Å². The van der Waals surface area contributed by atoms with Gasteiger partial charge in [-0.1, -0.05) is 48.5 Å². The standard InChI is InChI=1S/C31H21F5N2O2/c32-27-8-3-9-28(33)29(27)40-18-24-6-2-5-23(38-24)17-37-30(39)21-12-15-26-20(16-21)4-1-7-25(26)19-10-13-22(14-11-19)31(34,35)36/h1-16H,17-18H2,(H,37,39). The van der Waals surface area contributed by atoms with Gasteiger partial charge in [-0.2, -0.15) is 13.2 Å². The summed E-state index contributed by atoms with van der Waals surface area (Å²) in [6.07, 6.45) is -4.41. The minimum atomic E-state index is -4.41. The van der Waals surface area contributed by atoms with Crippen molar-refractivity contribution in [1.82, 2.24) is 10.3 Å². The van der Waals surface area contributed by atoms with Crippen molar-refractivity contribution in [2.75, 3.05) is 0 Å². The van der Waals surface area contributed by atoms with Gasteiger partial charge in [0, 0.05) is 5.56 Å². The number of halogens is 5. The van der Waals surface area contributed by atoms with Gasteiger partial charge in [0.05, 0.1) is 23.5 Å². The van der Waals surface area contributed by atoms with E-state index in [9.17, 15) is 26.7 Å². The molecule has 0 spiro atoms. The molecule has 1 aromatic heterocycles. The summed E-state index contributed by atoms with van der Waals surface area (Å²) < 4.78 is 71.7. The molecule has 0 radical (unpaired) electrons.